The van der Waals surface area contributed by atoms with E-state index in [1.807, 2.05) is 41.0 Å². The SMILES string of the molecule is CC(C)(CN1CCOCC1)n1c(=O)[nH]c2cc(C=C3c4ccccc4COc4cc(F)ccc43)ccc21. The van der Waals surface area contributed by atoms with E-state index in [0.717, 1.165) is 71.7 Å². The maximum atomic E-state index is 14.0. The monoisotopic (exact) mass is 499 g/mol. The van der Waals surface area contributed by atoms with Crippen LogP contribution >= 0.6 is 0 Å². The molecule has 6 rings (SSSR count). The third-order valence-electron chi connectivity index (χ3n) is 7.26. The predicted octanol–water partition coefficient (Wildman–Crippen LogP) is 5.02. The molecule has 0 saturated carbocycles. The van der Waals surface area contributed by atoms with Crippen molar-refractivity contribution in [2.75, 3.05) is 32.8 Å². The number of nitrogens with zero attached hydrogens (tertiary/aromatic N) is 2. The standard InChI is InChI=1S/C30H30FN3O3/c1-30(2,19-33-11-13-36-14-12-33)34-27-10-7-20(16-26(27)32-29(34)35)15-25-23-6-4-3-5-21(23)18-37-28-17-22(31)8-9-24(25)28/h3-10,15-17H,11-14,18-19H2,1-2H3,(H,32,35). The molecule has 1 fully saturated rings. The predicted molar refractivity (Wildman–Crippen MR) is 143 cm³/mol. The molecule has 3 aromatic carbocycles. The van der Waals surface area contributed by atoms with Gasteiger partial charge in [-0.15, -0.1) is 0 Å². The van der Waals surface area contributed by atoms with E-state index in [9.17, 15) is 9.18 Å². The van der Waals surface area contributed by atoms with Crippen molar-refractivity contribution in [2.45, 2.75) is 26.0 Å². The highest BCUT2D eigenvalue weighted by Crippen LogP contribution is 2.38. The molecule has 0 spiro atoms. The average Bonchev–Trinajstić information content (AvgIpc) is 3.14. The third-order valence-corrected chi connectivity index (χ3v) is 7.26. The molecule has 2 aliphatic heterocycles. The Morgan fingerprint density at radius 3 is 2.68 bits per heavy atom. The molecule has 2 aliphatic rings. The fraction of sp³-hybridized carbons (Fsp3) is 0.300. The van der Waals surface area contributed by atoms with Gasteiger partial charge in [0.1, 0.15) is 18.2 Å². The smallest absolute Gasteiger partial charge is 0.327 e. The van der Waals surface area contributed by atoms with Gasteiger partial charge in [0.05, 0.1) is 29.8 Å². The van der Waals surface area contributed by atoms with Gasteiger partial charge in [-0.2, -0.15) is 0 Å². The Hall–Kier alpha value is -3.68. The lowest BCUT2D eigenvalue weighted by Gasteiger charge is -2.35. The number of nitrogens with one attached hydrogen (secondary N) is 1. The summed E-state index contributed by atoms with van der Waals surface area (Å²) in [5, 5.41) is 0. The number of halogens is 1. The number of hydrogen-bond acceptors (Lipinski definition) is 4. The van der Waals surface area contributed by atoms with Gasteiger partial charge in [0.2, 0.25) is 0 Å². The summed E-state index contributed by atoms with van der Waals surface area (Å²) >= 11 is 0. The van der Waals surface area contributed by atoms with Gasteiger partial charge < -0.3 is 14.5 Å². The van der Waals surface area contributed by atoms with Crippen molar-refractivity contribution < 1.29 is 13.9 Å². The van der Waals surface area contributed by atoms with Gasteiger partial charge in [-0.25, -0.2) is 9.18 Å². The van der Waals surface area contributed by atoms with Gasteiger partial charge in [0.15, 0.2) is 0 Å². The summed E-state index contributed by atoms with van der Waals surface area (Å²) in [6, 6.07) is 18.8. The molecule has 1 aromatic heterocycles. The molecule has 37 heavy (non-hydrogen) atoms. The van der Waals surface area contributed by atoms with Crippen LogP contribution < -0.4 is 10.4 Å². The van der Waals surface area contributed by atoms with Crippen LogP contribution in [0.4, 0.5) is 4.39 Å². The van der Waals surface area contributed by atoms with E-state index in [4.69, 9.17) is 9.47 Å². The minimum atomic E-state index is -0.396. The van der Waals surface area contributed by atoms with Crippen LogP contribution in [0.15, 0.2) is 65.5 Å². The lowest BCUT2D eigenvalue weighted by Crippen LogP contribution is -2.48. The zero-order chi connectivity index (χ0) is 25.6. The number of hydrogen-bond donors (Lipinski definition) is 1. The van der Waals surface area contributed by atoms with E-state index in [2.05, 4.69) is 35.9 Å². The Labute approximate surface area is 214 Å². The Kier molecular flexibility index (Phi) is 5.97. The molecule has 6 nitrogen and oxygen atoms in total. The summed E-state index contributed by atoms with van der Waals surface area (Å²) in [7, 11) is 0. The van der Waals surface area contributed by atoms with Crippen LogP contribution in [-0.4, -0.2) is 47.3 Å². The summed E-state index contributed by atoms with van der Waals surface area (Å²) in [4.78, 5) is 18.5. The van der Waals surface area contributed by atoms with Gasteiger partial charge in [-0.3, -0.25) is 9.47 Å². The highest BCUT2D eigenvalue weighted by molar-refractivity contribution is 5.95. The molecule has 0 atom stereocenters. The second-order valence-electron chi connectivity index (χ2n) is 10.4. The molecule has 0 unspecified atom stereocenters. The number of imidazole rings is 1. The number of aromatic amines is 1. The van der Waals surface area contributed by atoms with Crippen molar-refractivity contribution in [3.8, 4) is 5.75 Å². The van der Waals surface area contributed by atoms with Gasteiger partial charge in [0.25, 0.3) is 0 Å². The number of benzene rings is 3. The van der Waals surface area contributed by atoms with Crippen LogP contribution in [0.3, 0.4) is 0 Å². The number of morpholine rings is 1. The van der Waals surface area contributed by atoms with Crippen molar-refractivity contribution in [1.29, 1.82) is 0 Å². The maximum absolute atomic E-state index is 14.0. The normalized spacial score (nSPS) is 17.3. The molecule has 190 valence electrons. The van der Waals surface area contributed by atoms with Crippen molar-refractivity contribution in [1.82, 2.24) is 14.5 Å². The first-order chi connectivity index (χ1) is 17.9. The highest BCUT2D eigenvalue weighted by atomic mass is 19.1. The minimum absolute atomic E-state index is 0.118. The Morgan fingerprint density at radius 1 is 1.03 bits per heavy atom. The van der Waals surface area contributed by atoms with E-state index >= 15 is 0 Å². The largest absolute Gasteiger partial charge is 0.488 e. The Morgan fingerprint density at radius 2 is 1.84 bits per heavy atom. The topological polar surface area (TPSA) is 59.5 Å². The number of H-pyrrole nitrogens is 1. The number of rotatable bonds is 4. The Balaban J connectivity index is 1.42. The van der Waals surface area contributed by atoms with E-state index in [1.165, 1.54) is 12.1 Å². The lowest BCUT2D eigenvalue weighted by atomic mass is 9.92. The minimum Gasteiger partial charge on any atom is -0.488 e. The van der Waals surface area contributed by atoms with E-state index in [0.29, 0.717) is 12.4 Å². The van der Waals surface area contributed by atoms with Crippen molar-refractivity contribution in [3.05, 3.63) is 99.2 Å². The van der Waals surface area contributed by atoms with Gasteiger partial charge in [-0.1, -0.05) is 30.3 Å². The molecule has 4 aromatic rings. The molecule has 0 aliphatic carbocycles. The molecule has 7 heteroatoms. The van der Waals surface area contributed by atoms with Crippen LogP contribution in [-0.2, 0) is 16.9 Å². The van der Waals surface area contributed by atoms with Crippen LogP contribution in [0.2, 0.25) is 0 Å². The van der Waals surface area contributed by atoms with E-state index in [-0.39, 0.29) is 11.5 Å². The average molecular weight is 500 g/mol. The van der Waals surface area contributed by atoms with Gasteiger partial charge in [0, 0.05) is 31.3 Å². The zero-order valence-electron chi connectivity index (χ0n) is 21.1. The zero-order valence-corrected chi connectivity index (χ0v) is 21.1. The van der Waals surface area contributed by atoms with Crippen molar-refractivity contribution >= 4 is 22.7 Å². The number of fused-ring (bicyclic) bond motifs is 3. The first kappa shape index (κ1) is 23.7. The molecule has 1 N–H and O–H groups in total. The van der Waals surface area contributed by atoms with Crippen molar-refractivity contribution in [3.63, 3.8) is 0 Å². The molecule has 0 amide bonds. The summed E-state index contributed by atoms with van der Waals surface area (Å²) in [6.45, 7) is 8.53. The van der Waals surface area contributed by atoms with Crippen LogP contribution in [0, 0.1) is 5.82 Å². The summed E-state index contributed by atoms with van der Waals surface area (Å²) in [6.07, 6.45) is 2.08. The van der Waals surface area contributed by atoms with E-state index in [1.54, 1.807) is 6.07 Å². The molecular formula is C30H30FN3O3. The summed E-state index contributed by atoms with van der Waals surface area (Å²) in [5.41, 5.74) is 5.96. The third kappa shape index (κ3) is 4.49. The van der Waals surface area contributed by atoms with Crippen LogP contribution in [0.25, 0.3) is 22.7 Å². The number of ether oxygens (including phenoxy) is 2. The fourth-order valence-electron chi connectivity index (χ4n) is 5.57. The first-order valence-electron chi connectivity index (χ1n) is 12.7. The van der Waals surface area contributed by atoms with E-state index < -0.39 is 5.54 Å². The lowest BCUT2D eigenvalue weighted by molar-refractivity contribution is 0.0229. The van der Waals surface area contributed by atoms with Crippen LogP contribution in [0.1, 0.15) is 36.1 Å². The fourth-order valence-corrected chi connectivity index (χ4v) is 5.57. The second kappa shape index (κ2) is 9.32. The summed E-state index contributed by atoms with van der Waals surface area (Å²) in [5.74, 6) is 0.192. The summed E-state index contributed by atoms with van der Waals surface area (Å²) < 4.78 is 27.3. The molecule has 0 radical (unpaired) electrons. The first-order valence-corrected chi connectivity index (χ1v) is 12.7. The molecule has 0 bridgehead atoms. The van der Waals surface area contributed by atoms with Gasteiger partial charge >= 0.3 is 5.69 Å². The maximum Gasteiger partial charge on any atom is 0.327 e. The Bertz CT molecular complexity index is 1560. The van der Waals surface area contributed by atoms with Crippen molar-refractivity contribution in [2.24, 2.45) is 0 Å². The molecular weight excluding hydrogens is 469 g/mol. The molecule has 3 heterocycles. The highest BCUT2D eigenvalue weighted by Gasteiger charge is 2.28. The molecule has 1 saturated heterocycles. The second-order valence-corrected chi connectivity index (χ2v) is 10.4. The van der Waals surface area contributed by atoms with Gasteiger partial charge in [-0.05, 0) is 66.5 Å². The number of aromatic nitrogens is 2. The van der Waals surface area contributed by atoms with Crippen LogP contribution in [0.5, 0.6) is 5.75 Å². The quantitative estimate of drug-likeness (QED) is 0.429.